The molecule has 0 aromatic heterocycles. The SMILES string of the molecule is C/C(=N\N=C1/NC(=O)[C@@H](Cc2cccc(Cl)c2)S1)c1ccccc1. The second-order valence-corrected chi connectivity index (χ2v) is 7.01. The number of thioether (sulfide) groups is 1. The van der Waals surface area contributed by atoms with Gasteiger partial charge in [0.2, 0.25) is 5.91 Å². The zero-order valence-corrected chi connectivity index (χ0v) is 14.6. The van der Waals surface area contributed by atoms with E-state index in [4.69, 9.17) is 11.6 Å². The van der Waals surface area contributed by atoms with Crippen LogP contribution in [-0.4, -0.2) is 22.0 Å². The third kappa shape index (κ3) is 4.24. The zero-order chi connectivity index (χ0) is 16.9. The minimum atomic E-state index is -0.213. The van der Waals surface area contributed by atoms with Gasteiger partial charge in [-0.05, 0) is 36.6 Å². The zero-order valence-electron chi connectivity index (χ0n) is 13.1. The maximum absolute atomic E-state index is 12.1. The predicted molar refractivity (Wildman–Crippen MR) is 101 cm³/mol. The van der Waals surface area contributed by atoms with Crippen LogP contribution < -0.4 is 5.32 Å². The number of rotatable bonds is 4. The van der Waals surface area contributed by atoms with Crippen molar-refractivity contribution in [3.8, 4) is 0 Å². The minimum Gasteiger partial charge on any atom is -0.303 e. The molecular formula is C18H16ClN3OS. The lowest BCUT2D eigenvalue weighted by Crippen LogP contribution is -2.25. The fourth-order valence-electron chi connectivity index (χ4n) is 2.32. The predicted octanol–water partition coefficient (Wildman–Crippen LogP) is 3.89. The molecule has 1 fully saturated rings. The Labute approximate surface area is 150 Å². The van der Waals surface area contributed by atoms with E-state index in [9.17, 15) is 4.79 Å². The highest BCUT2D eigenvalue weighted by Gasteiger charge is 2.30. The molecule has 1 heterocycles. The molecule has 0 aliphatic carbocycles. The average Bonchev–Trinajstić information content (AvgIpc) is 2.93. The van der Waals surface area contributed by atoms with Gasteiger partial charge in [-0.3, -0.25) is 4.79 Å². The van der Waals surface area contributed by atoms with Gasteiger partial charge in [-0.2, -0.15) is 5.10 Å². The Morgan fingerprint density at radius 2 is 2.00 bits per heavy atom. The molecule has 1 amide bonds. The van der Waals surface area contributed by atoms with Gasteiger partial charge >= 0.3 is 0 Å². The number of amidine groups is 1. The maximum Gasteiger partial charge on any atom is 0.239 e. The smallest absolute Gasteiger partial charge is 0.239 e. The van der Waals surface area contributed by atoms with Crippen LogP contribution in [0, 0.1) is 0 Å². The highest BCUT2D eigenvalue weighted by atomic mass is 35.5. The molecule has 2 aromatic carbocycles. The molecule has 2 aromatic rings. The topological polar surface area (TPSA) is 53.8 Å². The number of carbonyl (C=O) groups excluding carboxylic acids is 1. The second kappa shape index (κ2) is 7.64. The summed E-state index contributed by atoms with van der Waals surface area (Å²) in [5, 5.41) is 12.2. The number of nitrogens with one attached hydrogen (secondary N) is 1. The molecule has 0 saturated carbocycles. The van der Waals surface area contributed by atoms with E-state index in [0.717, 1.165) is 16.8 Å². The average molecular weight is 358 g/mol. The van der Waals surface area contributed by atoms with Gasteiger partial charge in [0, 0.05) is 5.02 Å². The third-order valence-electron chi connectivity index (χ3n) is 3.57. The summed E-state index contributed by atoms with van der Waals surface area (Å²) in [7, 11) is 0. The number of hydrogen-bond acceptors (Lipinski definition) is 4. The van der Waals surface area contributed by atoms with E-state index < -0.39 is 0 Å². The highest BCUT2D eigenvalue weighted by Crippen LogP contribution is 2.24. The highest BCUT2D eigenvalue weighted by molar-refractivity contribution is 8.15. The summed E-state index contributed by atoms with van der Waals surface area (Å²) in [5.74, 6) is -0.0497. The number of halogens is 1. The maximum atomic E-state index is 12.1. The van der Waals surface area contributed by atoms with Gasteiger partial charge in [0.1, 0.15) is 0 Å². The lowest BCUT2D eigenvalue weighted by atomic mass is 10.1. The Morgan fingerprint density at radius 1 is 1.21 bits per heavy atom. The quantitative estimate of drug-likeness (QED) is 0.666. The first kappa shape index (κ1) is 16.7. The fourth-order valence-corrected chi connectivity index (χ4v) is 3.49. The molecule has 1 N–H and O–H groups in total. The molecule has 4 nitrogen and oxygen atoms in total. The summed E-state index contributed by atoms with van der Waals surface area (Å²) in [6.45, 7) is 1.89. The lowest BCUT2D eigenvalue weighted by molar-refractivity contribution is -0.118. The number of benzene rings is 2. The van der Waals surface area contributed by atoms with Crippen molar-refractivity contribution < 1.29 is 4.79 Å². The molecule has 3 rings (SSSR count). The largest absolute Gasteiger partial charge is 0.303 e. The summed E-state index contributed by atoms with van der Waals surface area (Å²) in [6, 6.07) is 17.4. The summed E-state index contributed by atoms with van der Waals surface area (Å²) in [4.78, 5) is 12.1. The van der Waals surface area contributed by atoms with E-state index in [1.54, 1.807) is 0 Å². The van der Waals surface area contributed by atoms with Crippen LogP contribution in [0.1, 0.15) is 18.1 Å². The third-order valence-corrected chi connectivity index (χ3v) is 4.88. The normalized spacial score (nSPS) is 19.6. The standard InChI is InChI=1S/C18H16ClN3OS/c1-12(14-7-3-2-4-8-14)21-22-18-20-17(23)16(24-18)11-13-6-5-9-15(19)10-13/h2-10,16H,11H2,1H3,(H,20,22,23)/b21-12+/t16-/m1/s1. The molecule has 0 bridgehead atoms. The van der Waals surface area contributed by atoms with Crippen molar-refractivity contribution in [2.45, 2.75) is 18.6 Å². The van der Waals surface area contributed by atoms with Crippen molar-refractivity contribution in [3.63, 3.8) is 0 Å². The van der Waals surface area contributed by atoms with Gasteiger partial charge in [-0.15, -0.1) is 5.10 Å². The molecule has 1 aliphatic heterocycles. The molecule has 1 saturated heterocycles. The summed E-state index contributed by atoms with van der Waals surface area (Å²) >= 11 is 7.39. The van der Waals surface area contributed by atoms with Crippen molar-refractivity contribution in [2.24, 2.45) is 10.2 Å². The number of amides is 1. The molecule has 122 valence electrons. The minimum absolute atomic E-state index is 0.0497. The summed E-state index contributed by atoms with van der Waals surface area (Å²) in [5.41, 5.74) is 2.84. The molecule has 0 radical (unpaired) electrons. The Hall–Kier alpha value is -2.11. The van der Waals surface area contributed by atoms with E-state index in [-0.39, 0.29) is 11.2 Å². The monoisotopic (exact) mass is 357 g/mol. The first-order valence-electron chi connectivity index (χ1n) is 7.51. The molecule has 1 aliphatic rings. The van der Waals surface area contributed by atoms with Crippen molar-refractivity contribution >= 4 is 40.1 Å². The van der Waals surface area contributed by atoms with Crippen LogP contribution in [0.2, 0.25) is 5.02 Å². The Bertz CT molecular complexity index is 805. The lowest BCUT2D eigenvalue weighted by Gasteiger charge is -2.05. The van der Waals surface area contributed by atoms with Crippen LogP contribution in [-0.2, 0) is 11.2 Å². The van der Waals surface area contributed by atoms with Gasteiger partial charge in [-0.1, -0.05) is 65.8 Å². The van der Waals surface area contributed by atoms with Crippen LogP contribution in [0.3, 0.4) is 0 Å². The van der Waals surface area contributed by atoms with E-state index in [1.165, 1.54) is 11.8 Å². The Balaban J connectivity index is 1.68. The van der Waals surface area contributed by atoms with Crippen molar-refractivity contribution in [2.75, 3.05) is 0 Å². The second-order valence-electron chi connectivity index (χ2n) is 5.39. The van der Waals surface area contributed by atoms with Crippen LogP contribution in [0.4, 0.5) is 0 Å². The number of carbonyl (C=O) groups is 1. The first-order chi connectivity index (χ1) is 11.6. The van der Waals surface area contributed by atoms with Gasteiger partial charge in [-0.25, -0.2) is 0 Å². The Kier molecular flexibility index (Phi) is 5.33. The van der Waals surface area contributed by atoms with Gasteiger partial charge in [0.15, 0.2) is 5.17 Å². The fraction of sp³-hybridized carbons (Fsp3) is 0.167. The van der Waals surface area contributed by atoms with Gasteiger partial charge in [0.05, 0.1) is 11.0 Å². The number of hydrogen-bond donors (Lipinski definition) is 1. The molecule has 0 spiro atoms. The van der Waals surface area contributed by atoms with E-state index in [0.29, 0.717) is 16.6 Å². The Morgan fingerprint density at radius 3 is 2.75 bits per heavy atom. The van der Waals surface area contributed by atoms with Crippen molar-refractivity contribution in [1.29, 1.82) is 0 Å². The van der Waals surface area contributed by atoms with Crippen molar-refractivity contribution in [1.82, 2.24) is 5.32 Å². The van der Waals surface area contributed by atoms with Crippen LogP contribution in [0.15, 0.2) is 64.8 Å². The van der Waals surface area contributed by atoms with Crippen LogP contribution >= 0.6 is 23.4 Å². The first-order valence-corrected chi connectivity index (χ1v) is 8.77. The van der Waals surface area contributed by atoms with E-state index in [1.807, 2.05) is 61.5 Å². The molecule has 6 heteroatoms. The molecule has 0 unspecified atom stereocenters. The van der Waals surface area contributed by atoms with Gasteiger partial charge in [0.25, 0.3) is 0 Å². The van der Waals surface area contributed by atoms with E-state index in [2.05, 4.69) is 15.5 Å². The summed E-state index contributed by atoms with van der Waals surface area (Å²) < 4.78 is 0. The molecular weight excluding hydrogens is 342 g/mol. The van der Waals surface area contributed by atoms with Gasteiger partial charge < -0.3 is 5.32 Å². The molecule has 1 atom stereocenters. The number of nitrogens with zero attached hydrogens (tertiary/aromatic N) is 2. The van der Waals surface area contributed by atoms with Crippen molar-refractivity contribution in [3.05, 3.63) is 70.7 Å². The molecule has 24 heavy (non-hydrogen) atoms. The van der Waals surface area contributed by atoms with E-state index >= 15 is 0 Å². The van der Waals surface area contributed by atoms with Crippen LogP contribution in [0.5, 0.6) is 0 Å². The van der Waals surface area contributed by atoms with Crippen LogP contribution in [0.25, 0.3) is 0 Å². The summed E-state index contributed by atoms with van der Waals surface area (Å²) in [6.07, 6.45) is 0.609.